The minimum Gasteiger partial charge on any atom is -0.487 e. The van der Waals surface area contributed by atoms with Gasteiger partial charge in [0.15, 0.2) is 11.5 Å². The molecule has 6 nitrogen and oxygen atoms in total. The number of hydrogen-bond donors (Lipinski definition) is 0. The first-order valence-corrected chi connectivity index (χ1v) is 11.5. The quantitative estimate of drug-likeness (QED) is 0.246. The first-order chi connectivity index (χ1) is 14.9. The van der Waals surface area contributed by atoms with E-state index < -0.39 is 0 Å². The van der Waals surface area contributed by atoms with Crippen LogP contribution >= 0.6 is 0 Å². The zero-order chi connectivity index (χ0) is 21.5. The molecular formula is C24H42O6. The summed E-state index contributed by atoms with van der Waals surface area (Å²) in [5, 5.41) is 0. The highest BCUT2D eigenvalue weighted by Crippen LogP contribution is 2.26. The summed E-state index contributed by atoms with van der Waals surface area (Å²) in [6.45, 7) is 10.4. The van der Waals surface area contributed by atoms with Gasteiger partial charge in [-0.1, -0.05) is 51.7 Å². The van der Waals surface area contributed by atoms with Crippen LogP contribution in [0.3, 0.4) is 0 Å². The fourth-order valence-electron chi connectivity index (χ4n) is 2.63. The van der Waals surface area contributed by atoms with E-state index in [1.807, 2.05) is 24.3 Å². The fourth-order valence-corrected chi connectivity index (χ4v) is 2.63. The van der Waals surface area contributed by atoms with Gasteiger partial charge < -0.3 is 28.4 Å². The molecule has 1 rings (SSSR count). The number of unbranched alkanes of at least 4 members (excludes halogenated alkanes) is 4. The van der Waals surface area contributed by atoms with Crippen LogP contribution in [0.4, 0.5) is 0 Å². The van der Waals surface area contributed by atoms with Gasteiger partial charge in [-0.2, -0.15) is 0 Å². The Labute approximate surface area is 183 Å². The molecule has 0 radical (unpaired) electrons. The van der Waals surface area contributed by atoms with E-state index in [4.69, 9.17) is 28.4 Å². The van der Waals surface area contributed by atoms with Crippen LogP contribution in [0.1, 0.15) is 52.4 Å². The second-order valence-electron chi connectivity index (χ2n) is 7.01. The summed E-state index contributed by atoms with van der Waals surface area (Å²) in [6, 6.07) is 7.66. The highest BCUT2D eigenvalue weighted by molar-refractivity contribution is 5.39. The predicted molar refractivity (Wildman–Crippen MR) is 120 cm³/mol. The van der Waals surface area contributed by atoms with Crippen molar-refractivity contribution in [1.82, 2.24) is 0 Å². The maximum atomic E-state index is 5.79. The van der Waals surface area contributed by atoms with Gasteiger partial charge in [-0.15, -0.1) is 0 Å². The molecule has 0 aromatic heterocycles. The summed E-state index contributed by atoms with van der Waals surface area (Å²) in [5.41, 5.74) is 0. The van der Waals surface area contributed by atoms with Crippen molar-refractivity contribution in [2.24, 2.45) is 0 Å². The van der Waals surface area contributed by atoms with Gasteiger partial charge in [-0.25, -0.2) is 0 Å². The molecule has 0 heterocycles. The summed E-state index contributed by atoms with van der Waals surface area (Å²) < 4.78 is 33.7. The third-order valence-electron chi connectivity index (χ3n) is 4.35. The molecule has 0 saturated heterocycles. The average Bonchev–Trinajstić information content (AvgIpc) is 2.77. The maximum absolute atomic E-state index is 5.79. The van der Waals surface area contributed by atoms with Crippen molar-refractivity contribution in [3.8, 4) is 11.5 Å². The SMILES string of the molecule is CCCCCCOCCOCCOc1ccccc1OCCOCCOCCCC. The van der Waals surface area contributed by atoms with Gasteiger partial charge in [-0.3, -0.25) is 0 Å². The molecule has 0 bridgehead atoms. The topological polar surface area (TPSA) is 55.4 Å². The van der Waals surface area contributed by atoms with Crippen molar-refractivity contribution in [1.29, 1.82) is 0 Å². The van der Waals surface area contributed by atoms with Crippen LogP contribution < -0.4 is 9.47 Å². The normalized spacial score (nSPS) is 11.0. The highest BCUT2D eigenvalue weighted by Gasteiger charge is 2.04. The van der Waals surface area contributed by atoms with E-state index >= 15 is 0 Å². The van der Waals surface area contributed by atoms with Crippen molar-refractivity contribution in [2.75, 3.05) is 66.1 Å². The Bertz CT molecular complexity index is 483. The van der Waals surface area contributed by atoms with Crippen LogP contribution in [0.15, 0.2) is 24.3 Å². The monoisotopic (exact) mass is 426 g/mol. The van der Waals surface area contributed by atoms with Gasteiger partial charge in [0, 0.05) is 13.2 Å². The van der Waals surface area contributed by atoms with E-state index in [1.165, 1.54) is 19.3 Å². The third-order valence-corrected chi connectivity index (χ3v) is 4.35. The number of rotatable bonds is 22. The predicted octanol–water partition coefficient (Wildman–Crippen LogP) is 4.89. The molecule has 0 amide bonds. The largest absolute Gasteiger partial charge is 0.487 e. The third kappa shape index (κ3) is 15.5. The van der Waals surface area contributed by atoms with Crippen LogP contribution in [0.5, 0.6) is 11.5 Å². The number of hydrogen-bond acceptors (Lipinski definition) is 6. The average molecular weight is 427 g/mol. The molecule has 0 atom stereocenters. The summed E-state index contributed by atoms with van der Waals surface area (Å²) >= 11 is 0. The number of benzene rings is 1. The molecule has 30 heavy (non-hydrogen) atoms. The highest BCUT2D eigenvalue weighted by atomic mass is 16.6. The van der Waals surface area contributed by atoms with Crippen LogP contribution in [0.25, 0.3) is 0 Å². The lowest BCUT2D eigenvalue weighted by atomic mass is 10.2. The van der Waals surface area contributed by atoms with Crippen LogP contribution in [-0.2, 0) is 18.9 Å². The van der Waals surface area contributed by atoms with E-state index in [2.05, 4.69) is 13.8 Å². The van der Waals surface area contributed by atoms with Crippen LogP contribution in [0, 0.1) is 0 Å². The Balaban J connectivity index is 2.02. The van der Waals surface area contributed by atoms with Gasteiger partial charge in [0.2, 0.25) is 0 Å². The Kier molecular flexibility index (Phi) is 18.6. The second-order valence-corrected chi connectivity index (χ2v) is 7.01. The van der Waals surface area contributed by atoms with E-state index in [0.29, 0.717) is 52.9 Å². The summed E-state index contributed by atoms with van der Waals surface area (Å²) in [7, 11) is 0. The van der Waals surface area contributed by atoms with Crippen molar-refractivity contribution >= 4 is 0 Å². The molecule has 1 aromatic rings. The Morgan fingerprint density at radius 3 is 1.40 bits per heavy atom. The zero-order valence-corrected chi connectivity index (χ0v) is 19.1. The number of para-hydroxylation sites is 2. The van der Waals surface area contributed by atoms with Crippen LogP contribution in [-0.4, -0.2) is 66.1 Å². The van der Waals surface area contributed by atoms with Gasteiger partial charge in [0.1, 0.15) is 13.2 Å². The molecule has 0 spiro atoms. The standard InChI is InChI=1S/C24H42O6/c1-3-5-7-10-14-26-16-18-28-20-22-30-24-12-9-8-11-23(24)29-21-19-27-17-15-25-13-6-4-2/h8-9,11-12H,3-7,10,13-22H2,1-2H3. The summed E-state index contributed by atoms with van der Waals surface area (Å²) in [4.78, 5) is 0. The minimum absolute atomic E-state index is 0.474. The smallest absolute Gasteiger partial charge is 0.161 e. The molecular weight excluding hydrogens is 384 g/mol. The Hall–Kier alpha value is -1.34. The van der Waals surface area contributed by atoms with Crippen molar-refractivity contribution < 1.29 is 28.4 Å². The molecule has 0 saturated carbocycles. The molecule has 174 valence electrons. The van der Waals surface area contributed by atoms with Crippen molar-refractivity contribution in [2.45, 2.75) is 52.4 Å². The van der Waals surface area contributed by atoms with E-state index in [1.54, 1.807) is 0 Å². The second kappa shape index (κ2) is 20.9. The molecule has 0 unspecified atom stereocenters. The lowest BCUT2D eigenvalue weighted by Gasteiger charge is -2.13. The van der Waals surface area contributed by atoms with Gasteiger partial charge in [0.05, 0.1) is 39.6 Å². The molecule has 1 aromatic carbocycles. The number of ether oxygens (including phenoxy) is 6. The first kappa shape index (κ1) is 26.7. The van der Waals surface area contributed by atoms with E-state index in [-0.39, 0.29) is 0 Å². The lowest BCUT2D eigenvalue weighted by molar-refractivity contribution is 0.0322. The van der Waals surface area contributed by atoms with E-state index in [9.17, 15) is 0 Å². The van der Waals surface area contributed by atoms with E-state index in [0.717, 1.165) is 44.0 Å². The first-order valence-electron chi connectivity index (χ1n) is 11.5. The molecule has 0 N–H and O–H groups in total. The minimum atomic E-state index is 0.474. The van der Waals surface area contributed by atoms with Gasteiger partial charge in [-0.05, 0) is 25.0 Å². The molecule has 0 aliphatic carbocycles. The lowest BCUT2D eigenvalue weighted by Crippen LogP contribution is -2.13. The van der Waals surface area contributed by atoms with Gasteiger partial charge >= 0.3 is 0 Å². The Morgan fingerprint density at radius 1 is 0.467 bits per heavy atom. The fraction of sp³-hybridized carbons (Fsp3) is 0.750. The van der Waals surface area contributed by atoms with Crippen molar-refractivity contribution in [3.63, 3.8) is 0 Å². The molecule has 0 aliphatic heterocycles. The van der Waals surface area contributed by atoms with Crippen molar-refractivity contribution in [3.05, 3.63) is 24.3 Å². The molecule has 6 heteroatoms. The zero-order valence-electron chi connectivity index (χ0n) is 19.1. The van der Waals surface area contributed by atoms with Crippen LogP contribution in [0.2, 0.25) is 0 Å². The maximum Gasteiger partial charge on any atom is 0.161 e. The Morgan fingerprint density at radius 2 is 0.900 bits per heavy atom. The molecule has 0 aliphatic rings. The summed E-state index contributed by atoms with van der Waals surface area (Å²) in [5.74, 6) is 1.44. The molecule has 0 fully saturated rings. The van der Waals surface area contributed by atoms with Gasteiger partial charge in [0.25, 0.3) is 0 Å². The summed E-state index contributed by atoms with van der Waals surface area (Å²) in [6.07, 6.45) is 7.15.